The van der Waals surface area contributed by atoms with Crippen molar-refractivity contribution < 1.29 is 24.3 Å². The summed E-state index contributed by atoms with van der Waals surface area (Å²) in [4.78, 5) is 43.4. The summed E-state index contributed by atoms with van der Waals surface area (Å²) in [7, 11) is 0. The number of aliphatic carboxylic acids is 1. The number of carboxylic acids is 1. The standard InChI is InChI=1S/C10H17N3O5/c1-5(11-4-14)8(15)12-6(2)9(16)13-7(3)10(17)18/h4-7H,1-3H3,(H,11,14)(H,12,15)(H,13,16)(H,17,18)/p-1/t5-,6-,7-/m0/s1. The van der Waals surface area contributed by atoms with Gasteiger partial charge < -0.3 is 25.9 Å². The Kier molecular flexibility index (Phi) is 6.40. The van der Waals surface area contributed by atoms with Crippen LogP contribution in [0.1, 0.15) is 20.8 Å². The quantitative estimate of drug-likeness (QED) is 0.416. The van der Waals surface area contributed by atoms with Crippen LogP contribution in [0.3, 0.4) is 0 Å². The second-order valence-electron chi connectivity index (χ2n) is 3.79. The Morgan fingerprint density at radius 2 is 1.39 bits per heavy atom. The monoisotopic (exact) mass is 258 g/mol. The van der Waals surface area contributed by atoms with E-state index in [0.717, 1.165) is 0 Å². The molecule has 0 heterocycles. The van der Waals surface area contributed by atoms with Crippen molar-refractivity contribution in [2.24, 2.45) is 0 Å². The summed E-state index contributed by atoms with van der Waals surface area (Å²) >= 11 is 0. The Bertz CT molecular complexity index is 344. The molecule has 0 aromatic carbocycles. The normalized spacial score (nSPS) is 14.8. The number of hydrogen-bond donors (Lipinski definition) is 3. The molecule has 0 saturated carbocycles. The van der Waals surface area contributed by atoms with Crippen LogP contribution in [0.15, 0.2) is 0 Å². The largest absolute Gasteiger partial charge is 0.548 e. The van der Waals surface area contributed by atoms with Gasteiger partial charge >= 0.3 is 0 Å². The lowest BCUT2D eigenvalue weighted by molar-refractivity contribution is -0.307. The Morgan fingerprint density at radius 3 is 1.83 bits per heavy atom. The molecule has 0 aromatic heterocycles. The predicted molar refractivity (Wildman–Crippen MR) is 58.9 cm³/mol. The maximum Gasteiger partial charge on any atom is 0.242 e. The van der Waals surface area contributed by atoms with Gasteiger partial charge in [-0.3, -0.25) is 14.4 Å². The van der Waals surface area contributed by atoms with Gasteiger partial charge in [-0.25, -0.2) is 0 Å². The number of amides is 3. The number of nitrogens with one attached hydrogen (secondary N) is 3. The van der Waals surface area contributed by atoms with Crippen LogP contribution >= 0.6 is 0 Å². The average molecular weight is 258 g/mol. The SMILES string of the molecule is C[C@H](NC(=O)[C@H](C)NC(=O)[C@H](C)NC=O)C(=O)[O-]. The first-order valence-electron chi connectivity index (χ1n) is 5.30. The lowest BCUT2D eigenvalue weighted by atomic mass is 10.2. The van der Waals surface area contributed by atoms with Gasteiger partial charge in [-0.15, -0.1) is 0 Å². The van der Waals surface area contributed by atoms with Crippen molar-refractivity contribution in [3.05, 3.63) is 0 Å². The molecule has 0 aromatic rings. The van der Waals surface area contributed by atoms with Crippen LogP contribution in [0.4, 0.5) is 0 Å². The fourth-order valence-electron chi connectivity index (χ4n) is 0.979. The highest BCUT2D eigenvalue weighted by Crippen LogP contribution is 1.88. The number of carbonyl (C=O) groups excluding carboxylic acids is 4. The molecule has 0 rings (SSSR count). The third kappa shape index (κ3) is 5.28. The summed E-state index contributed by atoms with van der Waals surface area (Å²) in [5, 5.41) is 17.1. The van der Waals surface area contributed by atoms with Crippen LogP contribution in [0.2, 0.25) is 0 Å². The van der Waals surface area contributed by atoms with Crippen molar-refractivity contribution in [1.29, 1.82) is 0 Å². The summed E-state index contributed by atoms with van der Waals surface area (Å²) < 4.78 is 0. The summed E-state index contributed by atoms with van der Waals surface area (Å²) in [6.45, 7) is 4.08. The molecule has 0 aliphatic carbocycles. The van der Waals surface area contributed by atoms with Gasteiger partial charge in [0.15, 0.2) is 0 Å². The highest BCUT2D eigenvalue weighted by Gasteiger charge is 2.20. The maximum absolute atomic E-state index is 11.5. The molecule has 8 heteroatoms. The van der Waals surface area contributed by atoms with E-state index >= 15 is 0 Å². The summed E-state index contributed by atoms with van der Waals surface area (Å²) in [6, 6.07) is -2.85. The highest BCUT2D eigenvalue weighted by atomic mass is 16.4. The van der Waals surface area contributed by atoms with E-state index in [0.29, 0.717) is 6.41 Å². The molecule has 3 N–H and O–H groups in total. The maximum atomic E-state index is 11.5. The minimum Gasteiger partial charge on any atom is -0.548 e. The number of carboxylic acid groups (broad SMARTS) is 1. The Labute approximate surface area is 104 Å². The van der Waals surface area contributed by atoms with Crippen LogP contribution in [0.5, 0.6) is 0 Å². The molecule has 3 atom stereocenters. The molecule has 18 heavy (non-hydrogen) atoms. The molecule has 0 fully saturated rings. The molecule has 102 valence electrons. The van der Waals surface area contributed by atoms with Crippen LogP contribution in [-0.2, 0) is 19.2 Å². The molecular formula is C10H16N3O5-. The van der Waals surface area contributed by atoms with E-state index in [1.807, 2.05) is 0 Å². The van der Waals surface area contributed by atoms with Crippen molar-refractivity contribution in [2.75, 3.05) is 0 Å². The summed E-state index contributed by atoms with van der Waals surface area (Å²) in [5.41, 5.74) is 0. The lowest BCUT2D eigenvalue weighted by Crippen LogP contribution is -2.54. The van der Waals surface area contributed by atoms with Crippen LogP contribution in [0, 0.1) is 0 Å². The topological polar surface area (TPSA) is 127 Å². The van der Waals surface area contributed by atoms with Crippen molar-refractivity contribution in [3.63, 3.8) is 0 Å². The average Bonchev–Trinajstić information content (AvgIpc) is 2.28. The lowest BCUT2D eigenvalue weighted by Gasteiger charge is -2.20. The van der Waals surface area contributed by atoms with Gasteiger partial charge in [-0.2, -0.15) is 0 Å². The minimum absolute atomic E-state index is 0.368. The molecule has 0 saturated heterocycles. The first kappa shape index (κ1) is 15.9. The molecule has 0 radical (unpaired) electrons. The number of hydrogen-bond acceptors (Lipinski definition) is 5. The van der Waals surface area contributed by atoms with Gasteiger partial charge in [0.1, 0.15) is 12.1 Å². The molecule has 0 unspecified atom stereocenters. The minimum atomic E-state index is -1.42. The molecule has 0 aliphatic heterocycles. The van der Waals surface area contributed by atoms with Crippen LogP contribution < -0.4 is 21.1 Å². The van der Waals surface area contributed by atoms with Crippen molar-refractivity contribution in [2.45, 2.75) is 38.9 Å². The van der Waals surface area contributed by atoms with Gasteiger partial charge in [0.25, 0.3) is 0 Å². The molecule has 0 aliphatic rings. The molecular weight excluding hydrogens is 242 g/mol. The number of rotatable bonds is 7. The van der Waals surface area contributed by atoms with Gasteiger partial charge in [-0.05, 0) is 20.8 Å². The van der Waals surface area contributed by atoms with E-state index in [1.54, 1.807) is 0 Å². The third-order valence-electron chi connectivity index (χ3n) is 2.18. The van der Waals surface area contributed by atoms with E-state index in [-0.39, 0.29) is 0 Å². The zero-order valence-electron chi connectivity index (χ0n) is 10.4. The van der Waals surface area contributed by atoms with Crippen molar-refractivity contribution in [3.8, 4) is 0 Å². The first-order valence-corrected chi connectivity index (χ1v) is 5.30. The van der Waals surface area contributed by atoms with Crippen LogP contribution in [-0.4, -0.2) is 42.3 Å². The van der Waals surface area contributed by atoms with E-state index < -0.39 is 35.9 Å². The second kappa shape index (κ2) is 7.25. The smallest absolute Gasteiger partial charge is 0.242 e. The highest BCUT2D eigenvalue weighted by molar-refractivity contribution is 5.91. The first-order chi connectivity index (χ1) is 8.29. The molecule has 8 nitrogen and oxygen atoms in total. The van der Waals surface area contributed by atoms with Crippen molar-refractivity contribution in [1.82, 2.24) is 16.0 Å². The van der Waals surface area contributed by atoms with Gasteiger partial charge in [0, 0.05) is 0 Å². The zero-order valence-corrected chi connectivity index (χ0v) is 10.4. The molecule has 0 bridgehead atoms. The second-order valence-corrected chi connectivity index (χ2v) is 3.79. The van der Waals surface area contributed by atoms with E-state index in [4.69, 9.17) is 0 Å². The van der Waals surface area contributed by atoms with Gasteiger partial charge in [-0.1, -0.05) is 0 Å². The van der Waals surface area contributed by atoms with E-state index in [1.165, 1.54) is 20.8 Å². The third-order valence-corrected chi connectivity index (χ3v) is 2.18. The van der Waals surface area contributed by atoms with Gasteiger partial charge in [0.05, 0.1) is 12.0 Å². The Morgan fingerprint density at radius 1 is 0.944 bits per heavy atom. The van der Waals surface area contributed by atoms with E-state index in [2.05, 4.69) is 16.0 Å². The van der Waals surface area contributed by atoms with Gasteiger partial charge in [0.2, 0.25) is 18.2 Å². The van der Waals surface area contributed by atoms with E-state index in [9.17, 15) is 24.3 Å². The Hall–Kier alpha value is -2.12. The van der Waals surface area contributed by atoms with Crippen LogP contribution in [0.25, 0.3) is 0 Å². The fraction of sp³-hybridized carbons (Fsp3) is 0.600. The number of carbonyl (C=O) groups is 4. The Balaban J connectivity index is 4.27. The molecule has 3 amide bonds. The van der Waals surface area contributed by atoms with Crippen molar-refractivity contribution >= 4 is 24.2 Å². The summed E-state index contributed by atoms with van der Waals surface area (Å²) in [5.74, 6) is -2.62. The molecule has 0 spiro atoms. The predicted octanol–water partition coefficient (Wildman–Crippen LogP) is -3.12. The summed E-state index contributed by atoms with van der Waals surface area (Å²) in [6.07, 6.45) is 0.368. The fourth-order valence-corrected chi connectivity index (χ4v) is 0.979. The zero-order chi connectivity index (χ0) is 14.3.